The molecule has 0 aliphatic carbocycles. The number of carboxylic acids is 1. The van der Waals surface area contributed by atoms with Gasteiger partial charge in [-0.15, -0.1) is 0 Å². The highest BCUT2D eigenvalue weighted by molar-refractivity contribution is 7.98. The number of hydrogen-bond donors (Lipinski definition) is 2. The SMILES string of the molecule is CSCCC(NC(c1ccccc1)(c1ccccc1)c1ccccc1)C(=O)O. The maximum absolute atomic E-state index is 12.1. The summed E-state index contributed by atoms with van der Waals surface area (Å²) >= 11 is 1.66. The van der Waals surface area contributed by atoms with Gasteiger partial charge in [0.25, 0.3) is 0 Å². The number of aliphatic carboxylic acids is 1. The van der Waals surface area contributed by atoms with Crippen molar-refractivity contribution < 1.29 is 9.90 Å². The summed E-state index contributed by atoms with van der Waals surface area (Å²) in [6.07, 6.45) is 2.54. The molecule has 2 N–H and O–H groups in total. The van der Waals surface area contributed by atoms with Crippen molar-refractivity contribution in [3.63, 3.8) is 0 Å². The van der Waals surface area contributed by atoms with Gasteiger partial charge in [-0.05, 0) is 35.1 Å². The van der Waals surface area contributed by atoms with Crippen LogP contribution in [0.1, 0.15) is 23.1 Å². The van der Waals surface area contributed by atoms with Crippen molar-refractivity contribution >= 4 is 17.7 Å². The Kier molecular flexibility index (Phi) is 6.90. The first-order valence-electron chi connectivity index (χ1n) is 9.34. The summed E-state index contributed by atoms with van der Waals surface area (Å²) in [5.74, 6) is -0.0560. The van der Waals surface area contributed by atoms with Crippen molar-refractivity contribution in [1.29, 1.82) is 0 Å². The molecule has 3 aromatic rings. The number of hydrogen-bond acceptors (Lipinski definition) is 3. The van der Waals surface area contributed by atoms with Gasteiger partial charge in [-0.1, -0.05) is 91.0 Å². The summed E-state index contributed by atoms with van der Waals surface area (Å²) in [5, 5.41) is 13.5. The van der Waals surface area contributed by atoms with Crippen LogP contribution in [0.5, 0.6) is 0 Å². The topological polar surface area (TPSA) is 49.3 Å². The van der Waals surface area contributed by atoms with Gasteiger partial charge in [0, 0.05) is 0 Å². The van der Waals surface area contributed by atoms with Crippen molar-refractivity contribution in [1.82, 2.24) is 5.32 Å². The molecule has 0 heterocycles. The molecule has 1 unspecified atom stereocenters. The highest BCUT2D eigenvalue weighted by atomic mass is 32.2. The fourth-order valence-electron chi connectivity index (χ4n) is 3.57. The number of carboxylic acid groups (broad SMARTS) is 1. The Morgan fingerprint density at radius 2 is 1.25 bits per heavy atom. The molecule has 0 saturated heterocycles. The van der Waals surface area contributed by atoms with Gasteiger partial charge in [0.05, 0.1) is 5.54 Å². The summed E-state index contributed by atoms with van der Waals surface area (Å²) in [4.78, 5) is 12.1. The molecule has 0 aliphatic heterocycles. The molecular formula is C24H25NO2S. The lowest BCUT2D eigenvalue weighted by Crippen LogP contribution is -2.52. The standard InChI is InChI=1S/C24H25NO2S/c1-28-18-17-22(23(26)27)25-24(19-11-5-2-6-12-19,20-13-7-3-8-14-20)21-15-9-4-10-16-21/h2-16,22,25H,17-18H2,1H3,(H,26,27). The first-order valence-corrected chi connectivity index (χ1v) is 10.7. The van der Waals surface area contributed by atoms with Crippen molar-refractivity contribution in [3.05, 3.63) is 108 Å². The number of carbonyl (C=O) groups is 1. The van der Waals surface area contributed by atoms with E-state index in [0.717, 1.165) is 22.4 Å². The van der Waals surface area contributed by atoms with Gasteiger partial charge in [0.15, 0.2) is 0 Å². The Labute approximate surface area is 170 Å². The van der Waals surface area contributed by atoms with Crippen LogP contribution in [0.2, 0.25) is 0 Å². The van der Waals surface area contributed by atoms with E-state index in [-0.39, 0.29) is 0 Å². The fourth-order valence-corrected chi connectivity index (χ4v) is 4.04. The van der Waals surface area contributed by atoms with Gasteiger partial charge in [0.2, 0.25) is 0 Å². The van der Waals surface area contributed by atoms with Crippen LogP contribution in [0.4, 0.5) is 0 Å². The van der Waals surface area contributed by atoms with E-state index in [1.807, 2.05) is 60.9 Å². The Hall–Kier alpha value is -2.56. The maximum atomic E-state index is 12.1. The summed E-state index contributed by atoms with van der Waals surface area (Å²) in [7, 11) is 0. The number of nitrogens with one attached hydrogen (secondary N) is 1. The van der Waals surface area contributed by atoms with Crippen LogP contribution in [0.25, 0.3) is 0 Å². The molecule has 0 amide bonds. The molecule has 3 aromatic carbocycles. The third kappa shape index (κ3) is 4.29. The van der Waals surface area contributed by atoms with E-state index >= 15 is 0 Å². The highest BCUT2D eigenvalue weighted by Gasteiger charge is 2.39. The second-order valence-electron chi connectivity index (χ2n) is 6.66. The number of rotatable bonds is 9. The lowest BCUT2D eigenvalue weighted by atomic mass is 9.76. The Morgan fingerprint density at radius 1 is 0.857 bits per heavy atom. The van der Waals surface area contributed by atoms with Gasteiger partial charge in [-0.3, -0.25) is 10.1 Å². The van der Waals surface area contributed by atoms with Gasteiger partial charge in [0.1, 0.15) is 6.04 Å². The first kappa shape index (κ1) is 20.2. The van der Waals surface area contributed by atoms with E-state index in [1.165, 1.54) is 0 Å². The summed E-state index contributed by atoms with van der Waals surface area (Å²) in [6, 6.07) is 29.6. The van der Waals surface area contributed by atoms with Gasteiger partial charge >= 0.3 is 5.97 Å². The Balaban J connectivity index is 2.23. The predicted molar refractivity (Wildman–Crippen MR) is 117 cm³/mol. The average molecular weight is 392 g/mol. The van der Waals surface area contributed by atoms with E-state index in [1.54, 1.807) is 11.8 Å². The molecule has 28 heavy (non-hydrogen) atoms. The van der Waals surface area contributed by atoms with E-state index in [4.69, 9.17) is 0 Å². The van der Waals surface area contributed by atoms with Gasteiger partial charge in [-0.2, -0.15) is 11.8 Å². The van der Waals surface area contributed by atoms with Crippen molar-refractivity contribution in [2.45, 2.75) is 18.0 Å². The molecule has 0 aliphatic rings. The normalized spacial score (nSPS) is 12.5. The molecule has 0 bridgehead atoms. The van der Waals surface area contributed by atoms with E-state index in [2.05, 4.69) is 41.7 Å². The van der Waals surface area contributed by atoms with Crippen LogP contribution in [0.3, 0.4) is 0 Å². The van der Waals surface area contributed by atoms with Gasteiger partial charge < -0.3 is 5.11 Å². The van der Waals surface area contributed by atoms with Crippen molar-refractivity contribution in [2.24, 2.45) is 0 Å². The van der Waals surface area contributed by atoms with Crippen LogP contribution < -0.4 is 5.32 Å². The Morgan fingerprint density at radius 3 is 1.57 bits per heavy atom. The molecule has 0 fully saturated rings. The zero-order chi connectivity index (χ0) is 19.8. The van der Waals surface area contributed by atoms with Crippen molar-refractivity contribution in [3.8, 4) is 0 Å². The largest absolute Gasteiger partial charge is 0.480 e. The Bertz CT molecular complexity index is 772. The molecule has 1 atom stereocenters. The minimum Gasteiger partial charge on any atom is -0.480 e. The predicted octanol–water partition coefficient (Wildman–Crippen LogP) is 4.77. The molecular weight excluding hydrogens is 366 g/mol. The van der Waals surface area contributed by atoms with Crippen LogP contribution in [-0.2, 0) is 10.3 Å². The minimum atomic E-state index is -0.832. The molecule has 0 spiro atoms. The van der Waals surface area contributed by atoms with E-state index in [9.17, 15) is 9.90 Å². The summed E-state index contributed by atoms with van der Waals surface area (Å²) < 4.78 is 0. The monoisotopic (exact) mass is 391 g/mol. The lowest BCUT2D eigenvalue weighted by Gasteiger charge is -2.39. The van der Waals surface area contributed by atoms with Crippen LogP contribution >= 0.6 is 11.8 Å². The molecule has 144 valence electrons. The van der Waals surface area contributed by atoms with E-state index < -0.39 is 17.6 Å². The number of thioether (sulfide) groups is 1. The fraction of sp³-hybridized carbons (Fsp3) is 0.208. The quantitative estimate of drug-likeness (QED) is 0.516. The summed E-state index contributed by atoms with van der Waals surface area (Å²) in [6.45, 7) is 0. The molecule has 0 aromatic heterocycles. The average Bonchev–Trinajstić information content (AvgIpc) is 2.76. The van der Waals surface area contributed by atoms with Crippen LogP contribution in [-0.4, -0.2) is 29.1 Å². The zero-order valence-electron chi connectivity index (χ0n) is 15.9. The lowest BCUT2D eigenvalue weighted by molar-refractivity contribution is -0.139. The minimum absolute atomic E-state index is 0.546. The molecule has 0 radical (unpaired) electrons. The smallest absolute Gasteiger partial charge is 0.320 e. The second-order valence-corrected chi connectivity index (χ2v) is 7.65. The number of benzene rings is 3. The third-order valence-electron chi connectivity index (χ3n) is 4.92. The molecule has 0 saturated carbocycles. The second kappa shape index (κ2) is 9.58. The third-order valence-corrected chi connectivity index (χ3v) is 5.56. The molecule has 3 rings (SSSR count). The van der Waals surface area contributed by atoms with E-state index in [0.29, 0.717) is 6.42 Å². The summed E-state index contributed by atoms with van der Waals surface area (Å²) in [5.41, 5.74) is 2.29. The molecule has 3 nitrogen and oxygen atoms in total. The highest BCUT2D eigenvalue weighted by Crippen LogP contribution is 2.37. The van der Waals surface area contributed by atoms with Crippen LogP contribution in [0, 0.1) is 0 Å². The van der Waals surface area contributed by atoms with Crippen molar-refractivity contribution in [2.75, 3.05) is 12.0 Å². The van der Waals surface area contributed by atoms with Crippen LogP contribution in [0.15, 0.2) is 91.0 Å². The molecule has 4 heteroatoms. The zero-order valence-corrected chi connectivity index (χ0v) is 16.7. The van der Waals surface area contributed by atoms with Gasteiger partial charge in [-0.25, -0.2) is 0 Å². The maximum Gasteiger partial charge on any atom is 0.320 e. The first-order chi connectivity index (χ1) is 13.7.